The zero-order valence-electron chi connectivity index (χ0n) is 13.6. The fourth-order valence-electron chi connectivity index (χ4n) is 3.03. The number of rotatable bonds is 5. The van der Waals surface area contributed by atoms with Gasteiger partial charge in [-0.05, 0) is 37.4 Å². The lowest BCUT2D eigenvalue weighted by Gasteiger charge is -2.31. The van der Waals surface area contributed by atoms with E-state index in [0.717, 1.165) is 0 Å². The Hall–Kier alpha value is -1.55. The molecular weight excluding hydrogens is 331 g/mol. The number of halogens is 2. The third kappa shape index (κ3) is 2.71. The monoisotopic (exact) mass is 351 g/mol. The van der Waals surface area contributed by atoms with Crippen molar-refractivity contribution in [1.82, 2.24) is 4.90 Å². The van der Waals surface area contributed by atoms with Crippen molar-refractivity contribution in [2.45, 2.75) is 11.3 Å². The Labute approximate surface area is 142 Å². The minimum absolute atomic E-state index is 0.172. The topological polar surface area (TPSA) is 32.7 Å². The fourth-order valence-corrected chi connectivity index (χ4v) is 3.34. The average molecular weight is 351 g/mol. The van der Waals surface area contributed by atoms with Crippen LogP contribution in [0.4, 0.5) is 8.78 Å². The van der Waals surface area contributed by atoms with Gasteiger partial charge in [0.05, 0.1) is 0 Å². The molecule has 6 heteroatoms. The van der Waals surface area contributed by atoms with Crippen LogP contribution < -0.4 is 4.74 Å². The molecule has 2 unspecified atom stereocenters. The van der Waals surface area contributed by atoms with Crippen molar-refractivity contribution in [3.05, 3.63) is 53.6 Å². The van der Waals surface area contributed by atoms with E-state index in [1.54, 1.807) is 36.4 Å². The highest BCUT2D eigenvalue weighted by Gasteiger charge is 2.56. The summed E-state index contributed by atoms with van der Waals surface area (Å²) in [5.41, 5.74) is -4.18. The van der Waals surface area contributed by atoms with E-state index in [1.807, 2.05) is 19.0 Å². The second-order valence-electron chi connectivity index (χ2n) is 6.24. The molecule has 1 aliphatic rings. The molecule has 3 rings (SSSR count). The Bertz CT molecular complexity index is 761. The maximum absolute atomic E-state index is 14.3. The fraction of sp³-hybridized carbons (Fsp3) is 0.333. The molecule has 2 atom stereocenters. The predicted octanol–water partition coefficient (Wildman–Crippen LogP) is 3.31. The summed E-state index contributed by atoms with van der Waals surface area (Å²) in [6, 6.07) is 11.7. The minimum atomic E-state index is -3.41. The summed E-state index contributed by atoms with van der Waals surface area (Å²) in [6.45, 7) is 1.15. The van der Waals surface area contributed by atoms with E-state index in [2.05, 4.69) is 0 Å². The third-order valence-electron chi connectivity index (χ3n) is 4.28. The van der Waals surface area contributed by atoms with Crippen LogP contribution in [0.25, 0.3) is 11.1 Å². The molecule has 0 saturated carbocycles. The van der Waals surface area contributed by atoms with Crippen LogP contribution in [0.5, 0.6) is 5.75 Å². The van der Waals surface area contributed by atoms with Gasteiger partial charge in [-0.2, -0.15) is 8.78 Å². The molecule has 2 aromatic rings. The Morgan fingerprint density at radius 2 is 1.79 bits per heavy atom. The van der Waals surface area contributed by atoms with Gasteiger partial charge in [0.2, 0.25) is 0 Å². The molecule has 1 N–H and O–H groups in total. The Balaban J connectivity index is 2.05. The van der Waals surface area contributed by atoms with Gasteiger partial charge >= 0.3 is 0 Å². The normalized spacial score (nSPS) is 19.3. The molecule has 2 aromatic carbocycles. The molecule has 0 radical (unpaired) electrons. The summed E-state index contributed by atoms with van der Waals surface area (Å²) in [7, 11) is 5.32. The lowest BCUT2D eigenvalue weighted by atomic mass is 9.91. The van der Waals surface area contributed by atoms with E-state index in [-0.39, 0.29) is 11.1 Å². The van der Waals surface area contributed by atoms with Gasteiger partial charge < -0.3 is 14.7 Å². The molecule has 0 spiro atoms. The number of likely N-dealkylation sites (N-methyl/N-ethyl adjacent to an activating group) is 1. The summed E-state index contributed by atoms with van der Waals surface area (Å²) < 4.78 is 34.3. The highest BCUT2D eigenvalue weighted by Crippen LogP contribution is 2.57. The smallest absolute Gasteiger partial charge is 0.295 e. The molecule has 0 fully saturated rings. The first-order valence-electron chi connectivity index (χ1n) is 7.66. The number of fused-ring (bicyclic) bond motifs is 3. The molecule has 0 saturated heterocycles. The van der Waals surface area contributed by atoms with Gasteiger partial charge in [0, 0.05) is 17.7 Å². The summed E-state index contributed by atoms with van der Waals surface area (Å²) >= 11 is 0. The van der Waals surface area contributed by atoms with Crippen LogP contribution in [0.2, 0.25) is 0 Å². The molecule has 24 heavy (non-hydrogen) atoms. The van der Waals surface area contributed by atoms with E-state index in [0.29, 0.717) is 30.0 Å². The summed E-state index contributed by atoms with van der Waals surface area (Å²) in [4.78, 5) is 1.97. The predicted molar refractivity (Wildman–Crippen MR) is 93.6 cm³/mol. The van der Waals surface area contributed by atoms with Crippen LogP contribution in [0.1, 0.15) is 11.1 Å². The van der Waals surface area contributed by atoms with Gasteiger partial charge in [-0.25, -0.2) is 0 Å². The van der Waals surface area contributed by atoms with Gasteiger partial charge in [0.15, 0.2) is 5.60 Å². The third-order valence-corrected chi connectivity index (χ3v) is 4.70. The van der Waals surface area contributed by atoms with Gasteiger partial charge in [0.1, 0.15) is 12.4 Å². The van der Waals surface area contributed by atoms with Gasteiger partial charge in [-0.3, -0.25) is 0 Å². The number of hydrogen-bond donors (Lipinski definition) is 1. The van der Waals surface area contributed by atoms with E-state index >= 15 is 0 Å². The quantitative estimate of drug-likeness (QED) is 0.839. The average Bonchev–Trinajstić information content (AvgIpc) is 2.78. The minimum Gasteiger partial charge on any atom is -0.492 e. The van der Waals surface area contributed by atoms with Crippen molar-refractivity contribution in [3.8, 4) is 16.9 Å². The number of benzene rings is 2. The van der Waals surface area contributed by atoms with E-state index in [9.17, 15) is 13.9 Å². The largest absolute Gasteiger partial charge is 0.492 e. The Morgan fingerprint density at radius 3 is 2.46 bits per heavy atom. The first-order chi connectivity index (χ1) is 11.2. The van der Waals surface area contributed by atoms with Crippen molar-refractivity contribution < 1.29 is 18.6 Å². The Morgan fingerprint density at radius 1 is 1.12 bits per heavy atom. The maximum atomic E-state index is 14.3. The van der Waals surface area contributed by atoms with Crippen molar-refractivity contribution >= 4 is 9.24 Å². The number of ether oxygens (including phenoxy) is 1. The SMILES string of the molecule is CN(C)CCOc1ccc2c(c1)C(O)(C(F)(F)P)c1ccccc1-2. The maximum Gasteiger partial charge on any atom is 0.295 e. The number of nitrogens with zero attached hydrogens (tertiary/aromatic N) is 1. The van der Waals surface area contributed by atoms with Gasteiger partial charge in [-0.1, -0.05) is 39.6 Å². The van der Waals surface area contributed by atoms with Crippen molar-refractivity contribution in [3.63, 3.8) is 0 Å². The van der Waals surface area contributed by atoms with Crippen LogP contribution in [0.15, 0.2) is 42.5 Å². The van der Waals surface area contributed by atoms with E-state index < -0.39 is 11.3 Å². The highest BCUT2D eigenvalue weighted by molar-refractivity contribution is 7.18. The van der Waals surface area contributed by atoms with Crippen LogP contribution in [0, 0.1) is 0 Å². The van der Waals surface area contributed by atoms with Gasteiger partial charge in [-0.15, -0.1) is 0 Å². The molecule has 0 aliphatic heterocycles. The lowest BCUT2D eigenvalue weighted by molar-refractivity contribution is -0.0964. The number of hydrogen-bond acceptors (Lipinski definition) is 3. The Kier molecular flexibility index (Phi) is 4.37. The molecular formula is C18H20F2NO2P. The first kappa shape index (κ1) is 17.3. The first-order valence-corrected chi connectivity index (χ1v) is 8.24. The van der Waals surface area contributed by atoms with Crippen molar-refractivity contribution in [2.75, 3.05) is 27.2 Å². The molecule has 0 aromatic heterocycles. The summed E-state index contributed by atoms with van der Waals surface area (Å²) in [5.74, 6) is 0.469. The second kappa shape index (κ2) is 6.07. The number of aliphatic hydroxyl groups is 1. The lowest BCUT2D eigenvalue weighted by Crippen LogP contribution is -2.40. The standard InChI is InChI=1S/C18H20F2NO2P/c1-21(2)9-10-23-12-7-8-14-13-5-3-4-6-15(13)17(22,16(14)11-12)18(19,20)24/h3-8,11,22H,9-10,24H2,1-2H3. The molecule has 0 amide bonds. The van der Waals surface area contributed by atoms with E-state index in [4.69, 9.17) is 4.74 Å². The summed E-state index contributed by atoms with van der Waals surface area (Å²) in [5, 5.41) is 10.9. The zero-order valence-corrected chi connectivity index (χ0v) is 14.7. The van der Waals surface area contributed by atoms with Crippen LogP contribution in [0.3, 0.4) is 0 Å². The molecule has 1 aliphatic carbocycles. The van der Waals surface area contributed by atoms with Crippen LogP contribution in [-0.4, -0.2) is 42.9 Å². The summed E-state index contributed by atoms with van der Waals surface area (Å²) in [6.07, 6.45) is 0. The van der Waals surface area contributed by atoms with E-state index in [1.165, 1.54) is 15.3 Å². The molecule has 0 heterocycles. The highest BCUT2D eigenvalue weighted by atomic mass is 31.0. The van der Waals surface area contributed by atoms with Gasteiger partial charge in [0.25, 0.3) is 5.66 Å². The van der Waals surface area contributed by atoms with Crippen LogP contribution in [-0.2, 0) is 5.60 Å². The molecule has 128 valence electrons. The second-order valence-corrected chi connectivity index (χ2v) is 6.96. The zero-order chi connectivity index (χ0) is 17.5. The number of alkyl halides is 2. The van der Waals surface area contributed by atoms with Crippen molar-refractivity contribution in [1.29, 1.82) is 0 Å². The molecule has 3 nitrogen and oxygen atoms in total. The van der Waals surface area contributed by atoms with Crippen LogP contribution >= 0.6 is 9.24 Å². The van der Waals surface area contributed by atoms with Crippen molar-refractivity contribution in [2.24, 2.45) is 0 Å². The molecule has 0 bridgehead atoms.